The van der Waals surface area contributed by atoms with E-state index in [1.807, 2.05) is 0 Å². The molecule has 14 heavy (non-hydrogen) atoms. The Balaban J connectivity index is 1.68. The van der Waals surface area contributed by atoms with Crippen LogP contribution in [0.3, 0.4) is 0 Å². The second-order valence-electron chi connectivity index (χ2n) is 5.42. The molecule has 3 aliphatic rings. The van der Waals surface area contributed by atoms with Gasteiger partial charge in [-0.1, -0.05) is 0 Å². The Morgan fingerprint density at radius 2 is 2.14 bits per heavy atom. The van der Waals surface area contributed by atoms with Gasteiger partial charge in [0.2, 0.25) is 0 Å². The normalized spacial score (nSPS) is 52.5. The molecule has 0 radical (unpaired) electrons. The minimum Gasteiger partial charge on any atom is -0.378 e. The van der Waals surface area contributed by atoms with Gasteiger partial charge in [-0.15, -0.1) is 0 Å². The van der Waals surface area contributed by atoms with Crippen molar-refractivity contribution in [1.29, 1.82) is 0 Å². The lowest BCUT2D eigenvalue weighted by atomic mass is 9.86. The molecule has 0 aromatic rings. The molecule has 2 aliphatic heterocycles. The summed E-state index contributed by atoms with van der Waals surface area (Å²) >= 11 is 0. The quantitative estimate of drug-likeness (QED) is 0.592. The first-order valence-corrected chi connectivity index (χ1v) is 6.03. The molecule has 0 aromatic carbocycles. The van der Waals surface area contributed by atoms with Gasteiger partial charge in [0.05, 0.1) is 18.3 Å². The second kappa shape index (κ2) is 3.21. The van der Waals surface area contributed by atoms with Crippen molar-refractivity contribution in [1.82, 2.24) is 0 Å². The Morgan fingerprint density at radius 3 is 3.00 bits per heavy atom. The topological polar surface area (TPSA) is 18.5 Å². The van der Waals surface area contributed by atoms with Crippen LogP contribution >= 0.6 is 0 Å². The van der Waals surface area contributed by atoms with Crippen LogP contribution in [0.5, 0.6) is 0 Å². The van der Waals surface area contributed by atoms with Crippen LogP contribution in [0.2, 0.25) is 0 Å². The SMILES string of the molecule is C[C@@H]1C[C@]2(CCO1)CC[C@H]1C[C@@H]1CO2. The number of ether oxygens (including phenoxy) is 2. The first-order valence-electron chi connectivity index (χ1n) is 6.03. The molecule has 1 aliphatic carbocycles. The summed E-state index contributed by atoms with van der Waals surface area (Å²) in [6.07, 6.45) is 6.75. The molecule has 1 spiro atoms. The summed E-state index contributed by atoms with van der Waals surface area (Å²) in [6, 6.07) is 0. The number of fused-ring (bicyclic) bond motifs is 1. The van der Waals surface area contributed by atoms with Crippen LogP contribution in [0.25, 0.3) is 0 Å². The zero-order valence-electron chi connectivity index (χ0n) is 9.00. The van der Waals surface area contributed by atoms with E-state index < -0.39 is 0 Å². The highest BCUT2D eigenvalue weighted by molar-refractivity contribution is 4.96. The average molecular weight is 196 g/mol. The number of hydrogen-bond acceptors (Lipinski definition) is 2. The molecule has 2 saturated heterocycles. The van der Waals surface area contributed by atoms with Gasteiger partial charge < -0.3 is 9.47 Å². The summed E-state index contributed by atoms with van der Waals surface area (Å²) in [5.74, 6) is 1.92. The molecular weight excluding hydrogens is 176 g/mol. The molecule has 0 bridgehead atoms. The highest BCUT2D eigenvalue weighted by atomic mass is 16.5. The minimum absolute atomic E-state index is 0.199. The molecule has 80 valence electrons. The van der Waals surface area contributed by atoms with Gasteiger partial charge in [-0.05, 0) is 44.4 Å². The van der Waals surface area contributed by atoms with Crippen LogP contribution in [0.15, 0.2) is 0 Å². The molecular formula is C12H20O2. The maximum Gasteiger partial charge on any atom is 0.0729 e. The van der Waals surface area contributed by atoms with E-state index in [0.717, 1.165) is 37.9 Å². The fraction of sp³-hybridized carbons (Fsp3) is 1.00. The fourth-order valence-electron chi connectivity index (χ4n) is 3.16. The van der Waals surface area contributed by atoms with Crippen molar-refractivity contribution in [3.05, 3.63) is 0 Å². The second-order valence-corrected chi connectivity index (χ2v) is 5.42. The van der Waals surface area contributed by atoms with Crippen molar-refractivity contribution in [3.8, 4) is 0 Å². The molecule has 0 N–H and O–H groups in total. The molecule has 2 nitrogen and oxygen atoms in total. The minimum atomic E-state index is 0.199. The Hall–Kier alpha value is -0.0800. The van der Waals surface area contributed by atoms with Crippen molar-refractivity contribution < 1.29 is 9.47 Å². The Bertz CT molecular complexity index is 214. The first-order chi connectivity index (χ1) is 6.77. The van der Waals surface area contributed by atoms with Crippen molar-refractivity contribution in [2.24, 2.45) is 11.8 Å². The van der Waals surface area contributed by atoms with Crippen LogP contribution in [0.1, 0.15) is 39.0 Å². The molecule has 2 heteroatoms. The van der Waals surface area contributed by atoms with Crippen LogP contribution in [0, 0.1) is 11.8 Å². The van der Waals surface area contributed by atoms with Crippen molar-refractivity contribution in [2.75, 3.05) is 13.2 Å². The maximum atomic E-state index is 6.18. The van der Waals surface area contributed by atoms with E-state index in [4.69, 9.17) is 9.47 Å². The van der Waals surface area contributed by atoms with Gasteiger partial charge in [0, 0.05) is 13.0 Å². The van der Waals surface area contributed by atoms with Gasteiger partial charge in [0.1, 0.15) is 0 Å². The van der Waals surface area contributed by atoms with E-state index in [-0.39, 0.29) is 5.60 Å². The standard InChI is InChI=1S/C12H20O2/c1-9-7-12(4-5-13-9)3-2-10-6-11(10)8-14-12/h9-11H,2-8H2,1H3/t9-,10+,11-,12-/m1/s1. The summed E-state index contributed by atoms with van der Waals surface area (Å²) in [5.41, 5.74) is 0.199. The number of hydrogen-bond donors (Lipinski definition) is 0. The zero-order valence-corrected chi connectivity index (χ0v) is 9.00. The van der Waals surface area contributed by atoms with Crippen molar-refractivity contribution in [2.45, 2.75) is 50.7 Å². The van der Waals surface area contributed by atoms with E-state index in [1.54, 1.807) is 0 Å². The van der Waals surface area contributed by atoms with E-state index in [9.17, 15) is 0 Å². The van der Waals surface area contributed by atoms with Gasteiger partial charge in [0.15, 0.2) is 0 Å². The lowest BCUT2D eigenvalue weighted by Gasteiger charge is -2.39. The summed E-state index contributed by atoms with van der Waals surface area (Å²) < 4.78 is 11.8. The molecule has 4 atom stereocenters. The molecule has 1 saturated carbocycles. The summed E-state index contributed by atoms with van der Waals surface area (Å²) in [7, 11) is 0. The third-order valence-corrected chi connectivity index (χ3v) is 4.26. The van der Waals surface area contributed by atoms with E-state index >= 15 is 0 Å². The van der Waals surface area contributed by atoms with Gasteiger partial charge in [-0.3, -0.25) is 0 Å². The van der Waals surface area contributed by atoms with Gasteiger partial charge in [-0.2, -0.15) is 0 Å². The molecule has 3 rings (SSSR count). The van der Waals surface area contributed by atoms with Crippen LogP contribution < -0.4 is 0 Å². The van der Waals surface area contributed by atoms with Crippen molar-refractivity contribution >= 4 is 0 Å². The van der Waals surface area contributed by atoms with E-state index in [0.29, 0.717) is 6.10 Å². The highest BCUT2D eigenvalue weighted by Gasteiger charge is 2.46. The molecule has 0 aromatic heterocycles. The van der Waals surface area contributed by atoms with Gasteiger partial charge in [-0.25, -0.2) is 0 Å². The molecule has 0 unspecified atom stereocenters. The zero-order chi connectivity index (χ0) is 9.60. The lowest BCUT2D eigenvalue weighted by Crippen LogP contribution is -2.42. The predicted octanol–water partition coefficient (Wildman–Crippen LogP) is 2.37. The number of rotatable bonds is 0. The van der Waals surface area contributed by atoms with Crippen LogP contribution in [-0.4, -0.2) is 24.9 Å². The lowest BCUT2D eigenvalue weighted by molar-refractivity contribution is -0.136. The Labute approximate surface area is 86.0 Å². The monoisotopic (exact) mass is 196 g/mol. The third-order valence-electron chi connectivity index (χ3n) is 4.26. The smallest absolute Gasteiger partial charge is 0.0729 e. The molecule has 0 amide bonds. The molecule has 3 fully saturated rings. The summed E-state index contributed by atoms with van der Waals surface area (Å²) in [4.78, 5) is 0. The van der Waals surface area contributed by atoms with Crippen molar-refractivity contribution in [3.63, 3.8) is 0 Å². The summed E-state index contributed by atoms with van der Waals surface area (Å²) in [6.45, 7) is 4.10. The van der Waals surface area contributed by atoms with Gasteiger partial charge >= 0.3 is 0 Å². The predicted molar refractivity (Wildman–Crippen MR) is 54.2 cm³/mol. The first kappa shape index (κ1) is 9.17. The Kier molecular flexibility index (Phi) is 2.10. The highest BCUT2D eigenvalue weighted by Crippen LogP contribution is 2.49. The third kappa shape index (κ3) is 1.59. The van der Waals surface area contributed by atoms with E-state index in [2.05, 4.69) is 6.92 Å². The van der Waals surface area contributed by atoms with Crippen LogP contribution in [0.4, 0.5) is 0 Å². The average Bonchev–Trinajstić information content (AvgIpc) is 2.90. The largest absolute Gasteiger partial charge is 0.378 e. The van der Waals surface area contributed by atoms with Gasteiger partial charge in [0.25, 0.3) is 0 Å². The fourth-order valence-corrected chi connectivity index (χ4v) is 3.16. The maximum absolute atomic E-state index is 6.18. The van der Waals surface area contributed by atoms with Crippen LogP contribution in [-0.2, 0) is 9.47 Å². The Morgan fingerprint density at radius 1 is 1.21 bits per heavy atom. The summed E-state index contributed by atoms with van der Waals surface area (Å²) in [5, 5.41) is 0. The molecule has 2 heterocycles. The van der Waals surface area contributed by atoms with E-state index in [1.165, 1.54) is 19.3 Å².